The van der Waals surface area contributed by atoms with Gasteiger partial charge in [-0.1, -0.05) is 6.07 Å². The fraction of sp³-hybridized carbons (Fsp3) is 0.400. The lowest BCUT2D eigenvalue weighted by molar-refractivity contribution is -0.174. The number of alkyl halides is 2. The van der Waals surface area contributed by atoms with Crippen LogP contribution in [0.25, 0.3) is 0 Å². The molecule has 18 heavy (non-hydrogen) atoms. The van der Waals surface area contributed by atoms with Gasteiger partial charge in [0.15, 0.2) is 0 Å². The van der Waals surface area contributed by atoms with Crippen molar-refractivity contribution in [3.05, 3.63) is 29.8 Å². The molecule has 0 aliphatic carbocycles. The Hall–Kier alpha value is -1.34. The Kier molecular flexibility index (Phi) is 6.07. The molecule has 4 nitrogen and oxygen atoms in total. The lowest BCUT2D eigenvalue weighted by Crippen LogP contribution is -2.42. The third-order valence-electron chi connectivity index (χ3n) is 2.06. The summed E-state index contributed by atoms with van der Waals surface area (Å²) in [5.41, 5.74) is 4.64. The molecule has 1 atom stereocenters. The van der Waals surface area contributed by atoms with E-state index in [1.165, 1.54) is 13.0 Å². The van der Waals surface area contributed by atoms with Crippen molar-refractivity contribution < 1.29 is 22.7 Å². The molecule has 0 radical (unpaired) electrons. The van der Waals surface area contributed by atoms with E-state index < -0.39 is 29.4 Å². The van der Waals surface area contributed by atoms with Gasteiger partial charge in [-0.15, -0.1) is 12.4 Å². The van der Waals surface area contributed by atoms with Crippen molar-refractivity contribution in [2.45, 2.75) is 18.9 Å². The number of nitrogens with two attached hydrogens (primary N) is 1. The molecule has 1 heterocycles. The molecule has 102 valence electrons. The number of pyridine rings is 1. The number of esters is 1. The van der Waals surface area contributed by atoms with Crippen molar-refractivity contribution >= 4 is 18.4 Å². The number of rotatable bonds is 4. The third-order valence-corrected chi connectivity index (χ3v) is 2.06. The monoisotopic (exact) mass is 284 g/mol. The van der Waals surface area contributed by atoms with Gasteiger partial charge in [0, 0.05) is 11.8 Å². The second-order valence-corrected chi connectivity index (χ2v) is 3.20. The van der Waals surface area contributed by atoms with Crippen LogP contribution >= 0.6 is 12.4 Å². The molecular formula is C10H12ClF3N2O2. The van der Waals surface area contributed by atoms with E-state index in [0.29, 0.717) is 0 Å². The topological polar surface area (TPSA) is 65.2 Å². The molecule has 1 aromatic rings. The molecule has 1 rings (SSSR count). The summed E-state index contributed by atoms with van der Waals surface area (Å²) in [5, 5.41) is 0. The summed E-state index contributed by atoms with van der Waals surface area (Å²) >= 11 is 0. The summed E-state index contributed by atoms with van der Waals surface area (Å²) < 4.78 is 44.3. The van der Waals surface area contributed by atoms with Gasteiger partial charge in [0.2, 0.25) is 5.95 Å². The molecule has 2 N–H and O–H groups in total. The van der Waals surface area contributed by atoms with Gasteiger partial charge in [-0.2, -0.15) is 13.2 Å². The van der Waals surface area contributed by atoms with Crippen molar-refractivity contribution in [2.75, 3.05) is 6.61 Å². The van der Waals surface area contributed by atoms with Crippen LogP contribution in [0.3, 0.4) is 0 Å². The van der Waals surface area contributed by atoms with E-state index in [1.807, 2.05) is 0 Å². The lowest BCUT2D eigenvalue weighted by atomic mass is 10.0. The van der Waals surface area contributed by atoms with E-state index in [4.69, 9.17) is 5.73 Å². The summed E-state index contributed by atoms with van der Waals surface area (Å²) in [6.45, 7) is 1.17. The van der Waals surface area contributed by atoms with Gasteiger partial charge in [-0.25, -0.2) is 9.78 Å². The highest BCUT2D eigenvalue weighted by Crippen LogP contribution is 2.31. The first-order valence-electron chi connectivity index (χ1n) is 4.82. The van der Waals surface area contributed by atoms with Gasteiger partial charge < -0.3 is 10.5 Å². The number of aromatic nitrogens is 1. The molecule has 0 unspecified atom stereocenters. The molecule has 0 amide bonds. The number of hydrogen-bond donors (Lipinski definition) is 1. The highest BCUT2D eigenvalue weighted by molar-refractivity contribution is 5.85. The Morgan fingerprint density at radius 2 is 2.22 bits per heavy atom. The van der Waals surface area contributed by atoms with Crippen molar-refractivity contribution in [1.82, 2.24) is 4.98 Å². The number of halogens is 4. The maximum absolute atomic E-state index is 13.5. The molecule has 0 fully saturated rings. The Balaban J connectivity index is 0.00000289. The smallest absolute Gasteiger partial charge is 0.379 e. The third kappa shape index (κ3) is 3.33. The number of hydrogen-bond acceptors (Lipinski definition) is 4. The molecule has 1 aromatic heterocycles. The van der Waals surface area contributed by atoms with Gasteiger partial charge in [-0.05, 0) is 13.0 Å². The predicted octanol–water partition coefficient (Wildman–Crippen LogP) is 1.84. The van der Waals surface area contributed by atoms with Crippen molar-refractivity contribution in [2.24, 2.45) is 5.73 Å². The first-order valence-corrected chi connectivity index (χ1v) is 4.82. The van der Waals surface area contributed by atoms with Crippen LogP contribution in [0.15, 0.2) is 18.3 Å². The molecule has 0 spiro atoms. The van der Waals surface area contributed by atoms with Crippen LogP contribution in [-0.2, 0) is 9.53 Å². The van der Waals surface area contributed by atoms with E-state index in [2.05, 4.69) is 9.72 Å². The Labute approximate surface area is 108 Å². The molecule has 0 saturated heterocycles. The summed E-state index contributed by atoms with van der Waals surface area (Å²) in [4.78, 5) is 14.2. The van der Waals surface area contributed by atoms with Gasteiger partial charge in [0.25, 0.3) is 0 Å². The van der Waals surface area contributed by atoms with E-state index >= 15 is 0 Å². The van der Waals surface area contributed by atoms with Crippen LogP contribution in [0.1, 0.15) is 18.5 Å². The van der Waals surface area contributed by atoms with E-state index in [9.17, 15) is 18.0 Å². The largest absolute Gasteiger partial charge is 0.462 e. The summed E-state index contributed by atoms with van der Waals surface area (Å²) in [5.74, 6) is -6.92. The molecule has 0 aliphatic heterocycles. The van der Waals surface area contributed by atoms with Gasteiger partial charge in [0.05, 0.1) is 6.61 Å². The van der Waals surface area contributed by atoms with E-state index in [1.54, 1.807) is 0 Å². The average Bonchev–Trinajstić information content (AvgIpc) is 2.29. The second kappa shape index (κ2) is 6.55. The minimum absolute atomic E-state index is 0. The van der Waals surface area contributed by atoms with Crippen LogP contribution in [-0.4, -0.2) is 23.5 Å². The lowest BCUT2D eigenvalue weighted by Gasteiger charge is -2.21. The number of nitrogens with zero attached hydrogens (tertiary/aromatic N) is 1. The van der Waals surface area contributed by atoms with Crippen LogP contribution in [0, 0.1) is 5.95 Å². The second-order valence-electron chi connectivity index (χ2n) is 3.20. The average molecular weight is 285 g/mol. The Morgan fingerprint density at radius 1 is 1.61 bits per heavy atom. The summed E-state index contributed by atoms with van der Waals surface area (Å²) in [7, 11) is 0. The maximum atomic E-state index is 13.5. The number of ether oxygens (including phenoxy) is 1. The van der Waals surface area contributed by atoms with Gasteiger partial charge >= 0.3 is 11.9 Å². The zero-order valence-corrected chi connectivity index (χ0v) is 10.2. The first-order chi connectivity index (χ1) is 7.91. The zero-order valence-electron chi connectivity index (χ0n) is 9.40. The molecule has 0 aliphatic rings. The fourth-order valence-corrected chi connectivity index (χ4v) is 1.18. The normalized spacial score (nSPS) is 12.5. The minimum Gasteiger partial charge on any atom is -0.462 e. The maximum Gasteiger partial charge on any atom is 0.379 e. The van der Waals surface area contributed by atoms with Crippen molar-refractivity contribution in [1.29, 1.82) is 0 Å². The fourth-order valence-electron chi connectivity index (χ4n) is 1.18. The van der Waals surface area contributed by atoms with Crippen LogP contribution < -0.4 is 5.73 Å². The van der Waals surface area contributed by atoms with E-state index in [-0.39, 0.29) is 19.0 Å². The van der Waals surface area contributed by atoms with Crippen molar-refractivity contribution in [3.63, 3.8) is 0 Å². The highest BCUT2D eigenvalue weighted by atomic mass is 35.5. The van der Waals surface area contributed by atoms with Gasteiger partial charge in [-0.3, -0.25) is 0 Å². The highest BCUT2D eigenvalue weighted by Gasteiger charge is 2.48. The quantitative estimate of drug-likeness (QED) is 0.677. The van der Waals surface area contributed by atoms with E-state index in [0.717, 1.165) is 12.3 Å². The summed E-state index contributed by atoms with van der Waals surface area (Å²) in [6.07, 6.45) is 1.09. The minimum atomic E-state index is -4.00. The predicted molar refractivity (Wildman–Crippen MR) is 60.0 cm³/mol. The Morgan fingerprint density at radius 3 is 2.72 bits per heavy atom. The van der Waals surface area contributed by atoms with Crippen LogP contribution in [0.2, 0.25) is 0 Å². The number of carbonyl (C=O) groups excluding carboxylic acids is 1. The van der Waals surface area contributed by atoms with Crippen molar-refractivity contribution in [3.8, 4) is 0 Å². The number of carbonyl (C=O) groups is 1. The standard InChI is InChI=1S/C10H11F3N2O2.ClH/c1-2-17-9(16)10(12,13)7(14)6-4-3-5-15-8(6)11;/h3-5,7H,2,14H2,1H3;1H/t7-;/m1./s1. The van der Waals surface area contributed by atoms with Crippen LogP contribution in [0.4, 0.5) is 13.2 Å². The Bertz CT molecular complexity index is 418. The molecule has 0 aromatic carbocycles. The molecule has 0 saturated carbocycles. The molecule has 0 bridgehead atoms. The SMILES string of the molecule is CCOC(=O)C(F)(F)[C@H](N)c1cccnc1F.Cl. The zero-order chi connectivity index (χ0) is 13.1. The molecular weight excluding hydrogens is 273 g/mol. The van der Waals surface area contributed by atoms with Gasteiger partial charge in [0.1, 0.15) is 6.04 Å². The first kappa shape index (κ1) is 16.7. The molecule has 8 heteroatoms. The van der Waals surface area contributed by atoms with Crippen LogP contribution in [0.5, 0.6) is 0 Å². The summed E-state index contributed by atoms with van der Waals surface area (Å²) in [6, 6.07) is 0.162.